The molecule has 15 atom stereocenters. The van der Waals surface area contributed by atoms with Crippen molar-refractivity contribution >= 4 is 106 Å². The highest BCUT2D eigenvalue weighted by Gasteiger charge is 2.39. The molecule has 0 aliphatic heterocycles. The summed E-state index contributed by atoms with van der Waals surface area (Å²) in [5.74, 6) is -14.8. The molecular weight excluding hydrogens is 1820 g/mol. The summed E-state index contributed by atoms with van der Waals surface area (Å²) >= 11 is 0. The first-order valence-corrected chi connectivity index (χ1v) is 50.9. The van der Waals surface area contributed by atoms with Gasteiger partial charge >= 0.3 is 0 Å². The molecule has 4 aromatic rings. The zero-order valence-electron chi connectivity index (χ0n) is 86.3. The molecule has 0 saturated carbocycles. The molecule has 3 heterocycles. The van der Waals surface area contributed by atoms with Crippen LogP contribution in [-0.4, -0.2) is 214 Å². The molecule has 1 aromatic carbocycles. The number of aromatic hydroxyl groups is 1. The predicted octanol–water partition coefficient (Wildman–Crippen LogP) is 7.23. The van der Waals surface area contributed by atoms with Crippen LogP contribution >= 0.6 is 0 Å². The Morgan fingerprint density at radius 2 is 0.789 bits per heavy atom. The molecule has 0 fully saturated rings. The first kappa shape index (κ1) is 124. The Morgan fingerprint density at radius 3 is 1.23 bits per heavy atom. The Balaban J connectivity index is 0.000000808. The van der Waals surface area contributed by atoms with Crippen LogP contribution in [0.5, 0.6) is 5.75 Å². The maximum Gasteiger partial charge on any atom is 0.224 e. The number of Topliss-reactive ketones (excluding diaryl/α,β-unsaturated/α-hetero) is 7. The van der Waals surface area contributed by atoms with Gasteiger partial charge in [0.1, 0.15) is 11.8 Å². The topological polar surface area (TPSA) is 686 Å². The molecular formula is C102H169N23O17. The fourth-order valence-corrected chi connectivity index (χ4v) is 16.7. The molecule has 0 bridgehead atoms. The molecule has 8 amide bonds. The SMILES string of the molecule is CCCCCCCCCCCCCCCC(=O)N[C@@H](Cc1cnc[nH]1)C(=O)C[C@@H](C)C(=O)N[C@H](C(=O)C[C@@H](Cc1cnc[nH]1)C(=O)N[C@@H](C)C(C)=O)C(C)C.CC[C@@H](Cc1ccc(O)cc1)C(=O)N[C@@H](CCCN=C(N)N)C(=O)C[C@@H](Cc1cnc[nH]1)C(=O)N[C@@H](CCCN=C(N)N)C(=O)C[C@@H](CCCN=C(N)N)C(=O)N[C@H](CC(C)C)C(=O)C[C@@H](CC(C)C)C(=O)N[C@@H](CO)C(=O)C[C@H](C(N)=O)[C@@H](C)CC. The summed E-state index contributed by atoms with van der Waals surface area (Å²) < 4.78 is 0. The van der Waals surface area contributed by atoms with E-state index < -0.39 is 168 Å². The summed E-state index contributed by atoms with van der Waals surface area (Å²) in [6.45, 7) is 22.8. The molecule has 794 valence electrons. The zero-order valence-corrected chi connectivity index (χ0v) is 86.3. The molecule has 0 aliphatic carbocycles. The number of H-pyrrole nitrogens is 3. The third-order valence-corrected chi connectivity index (χ3v) is 25.5. The van der Waals surface area contributed by atoms with Crippen molar-refractivity contribution in [2.75, 3.05) is 26.2 Å². The van der Waals surface area contributed by atoms with Gasteiger partial charge < -0.3 is 103 Å². The van der Waals surface area contributed by atoms with Crippen molar-refractivity contribution in [1.29, 1.82) is 0 Å². The number of primary amides is 1. The summed E-state index contributed by atoms with van der Waals surface area (Å²) in [7, 11) is 0. The number of ketones is 7. The largest absolute Gasteiger partial charge is 0.508 e. The van der Waals surface area contributed by atoms with Gasteiger partial charge in [-0.05, 0) is 126 Å². The van der Waals surface area contributed by atoms with E-state index in [-0.39, 0.29) is 187 Å². The number of carbonyl (C=O) groups excluding carboxylic acids is 15. The van der Waals surface area contributed by atoms with E-state index in [2.05, 4.69) is 89.0 Å². The van der Waals surface area contributed by atoms with Gasteiger partial charge in [0.25, 0.3) is 0 Å². The monoisotopic (exact) mass is 1990 g/mol. The number of phenols is 1. The molecule has 0 unspecified atom stereocenters. The summed E-state index contributed by atoms with van der Waals surface area (Å²) in [6.07, 6.45) is 26.1. The van der Waals surface area contributed by atoms with E-state index in [4.69, 9.17) is 40.1 Å². The molecule has 0 radical (unpaired) electrons. The fraction of sp³-hybridized carbons (Fsp3) is 0.676. The number of nitrogens with two attached hydrogens (primary N) is 7. The molecule has 0 aliphatic rings. The number of aromatic nitrogens is 6. The van der Waals surface area contributed by atoms with Crippen molar-refractivity contribution in [3.05, 3.63) is 84.5 Å². The van der Waals surface area contributed by atoms with E-state index in [1.54, 1.807) is 59.1 Å². The predicted molar refractivity (Wildman–Crippen MR) is 546 cm³/mol. The van der Waals surface area contributed by atoms with E-state index in [1.165, 1.54) is 108 Å². The van der Waals surface area contributed by atoms with Crippen LogP contribution in [0, 0.1) is 65.1 Å². The third-order valence-electron chi connectivity index (χ3n) is 25.5. The van der Waals surface area contributed by atoms with Gasteiger partial charge in [-0.2, -0.15) is 0 Å². The van der Waals surface area contributed by atoms with Crippen molar-refractivity contribution in [3.63, 3.8) is 0 Å². The van der Waals surface area contributed by atoms with E-state index in [9.17, 15) is 82.1 Å². The van der Waals surface area contributed by atoms with Gasteiger partial charge in [0, 0.05) is 149 Å². The second-order valence-electron chi connectivity index (χ2n) is 39.1. The van der Waals surface area contributed by atoms with Crippen LogP contribution in [0.3, 0.4) is 0 Å². The van der Waals surface area contributed by atoms with Crippen LogP contribution < -0.4 is 77.4 Å². The number of carbonyl (C=O) groups is 15. The number of hydrogen-bond acceptors (Lipinski definition) is 23. The fourth-order valence-electron chi connectivity index (χ4n) is 16.7. The maximum atomic E-state index is 14.8. The number of nitrogens with zero attached hydrogens (tertiary/aromatic N) is 6. The number of phenolic OH excluding ortho intramolecular Hbond substituents is 1. The van der Waals surface area contributed by atoms with Gasteiger partial charge in [-0.25, -0.2) is 15.0 Å². The van der Waals surface area contributed by atoms with Crippen LogP contribution in [0.1, 0.15) is 305 Å². The van der Waals surface area contributed by atoms with Crippen LogP contribution in [0.25, 0.3) is 0 Å². The first-order chi connectivity index (χ1) is 67.4. The molecule has 0 saturated heterocycles. The van der Waals surface area contributed by atoms with E-state index in [0.717, 1.165) is 24.8 Å². The Kier molecular flexibility index (Phi) is 60.2. The number of hydrogen-bond donors (Lipinski definition) is 19. The number of guanidine groups is 3. The number of aliphatic imine (C=N–C) groups is 3. The number of rotatable bonds is 76. The van der Waals surface area contributed by atoms with Crippen LogP contribution in [0.4, 0.5) is 0 Å². The van der Waals surface area contributed by atoms with Gasteiger partial charge in [0.2, 0.25) is 47.3 Å². The van der Waals surface area contributed by atoms with Gasteiger partial charge in [-0.15, -0.1) is 0 Å². The van der Waals surface area contributed by atoms with Gasteiger partial charge in [0.15, 0.2) is 58.4 Å². The van der Waals surface area contributed by atoms with E-state index in [0.29, 0.717) is 42.8 Å². The Labute approximate surface area is 838 Å². The second-order valence-corrected chi connectivity index (χ2v) is 39.1. The van der Waals surface area contributed by atoms with Crippen molar-refractivity contribution in [1.82, 2.24) is 67.1 Å². The Bertz CT molecular complexity index is 4570. The molecule has 4 rings (SSSR count). The molecule has 142 heavy (non-hydrogen) atoms. The summed E-state index contributed by atoms with van der Waals surface area (Å²) in [5, 5.41) is 39.7. The molecule has 40 heteroatoms. The maximum absolute atomic E-state index is 14.8. The number of benzene rings is 1. The highest BCUT2D eigenvalue weighted by molar-refractivity contribution is 6.00. The minimum atomic E-state index is -1.38. The summed E-state index contributed by atoms with van der Waals surface area (Å²) in [6, 6.07) is -0.905. The number of imidazole rings is 3. The van der Waals surface area contributed by atoms with Crippen molar-refractivity contribution in [3.8, 4) is 5.75 Å². The lowest BCUT2D eigenvalue weighted by molar-refractivity contribution is -0.136. The lowest BCUT2D eigenvalue weighted by Gasteiger charge is -2.27. The number of unbranched alkanes of at least 4 members (excludes halogenated alkanes) is 12. The van der Waals surface area contributed by atoms with Crippen molar-refractivity contribution in [2.45, 2.75) is 351 Å². The Hall–Kier alpha value is -12.1. The highest BCUT2D eigenvalue weighted by Crippen LogP contribution is 2.28. The quantitative estimate of drug-likeness (QED) is 0.0118. The molecule has 0 spiro atoms. The van der Waals surface area contributed by atoms with Crippen LogP contribution in [0.2, 0.25) is 0 Å². The lowest BCUT2D eigenvalue weighted by atomic mass is 9.85. The number of aliphatic hydroxyl groups is 1. The molecule has 3 aromatic heterocycles. The highest BCUT2D eigenvalue weighted by atomic mass is 16.3. The lowest BCUT2D eigenvalue weighted by Crippen LogP contribution is -2.50. The number of aromatic amines is 3. The summed E-state index contributed by atoms with van der Waals surface area (Å²) in [5.41, 5.74) is 41.9. The second kappa shape index (κ2) is 68.9. The average Bonchev–Trinajstić information content (AvgIpc) is 1.18. The average molecular weight is 1990 g/mol. The molecule has 40 nitrogen and oxygen atoms in total. The van der Waals surface area contributed by atoms with E-state index in [1.807, 2.05) is 41.5 Å². The third kappa shape index (κ3) is 51.0. The summed E-state index contributed by atoms with van der Waals surface area (Å²) in [4.78, 5) is 239. The minimum Gasteiger partial charge on any atom is -0.508 e. The normalized spacial score (nSPS) is 14.5. The van der Waals surface area contributed by atoms with Gasteiger partial charge in [0.05, 0.1) is 73.7 Å². The van der Waals surface area contributed by atoms with Crippen molar-refractivity contribution < 1.29 is 82.1 Å². The Morgan fingerprint density at radius 1 is 0.387 bits per heavy atom. The van der Waals surface area contributed by atoms with Crippen LogP contribution in [-0.2, 0) is 97.6 Å². The minimum absolute atomic E-state index is 0.0165. The van der Waals surface area contributed by atoms with Crippen LogP contribution in [0.15, 0.2) is 76.8 Å². The van der Waals surface area contributed by atoms with Crippen molar-refractivity contribution in [2.24, 2.45) is 120 Å². The molecule has 26 N–H and O–H groups in total. The number of nitrogens with one attached hydrogen (secondary N) is 10. The zero-order chi connectivity index (χ0) is 106. The van der Waals surface area contributed by atoms with E-state index >= 15 is 0 Å². The number of aliphatic hydroxyl groups excluding tert-OH is 1. The number of amides is 8. The van der Waals surface area contributed by atoms with Gasteiger partial charge in [-0.1, -0.05) is 172 Å². The smallest absolute Gasteiger partial charge is 0.224 e. The first-order valence-electron chi connectivity index (χ1n) is 50.9. The standard InChI is InChI=1S/C60H100N16O11.C42H69N7O6/c1-8-36(7)44(53(61)83)30-52(82)48(32-77)76-56(86)40(23-34(3)4)28-51(81)47(24-35(5)6)75-55(85)39(13-10-20-69-58(62)63)27-49(79)45(14-11-21-70-59(64)65)74-57(87)41(26-42-31-68-33-72-42)29-50(80)46(15-12-22-71-60(66)67)73-54(84)38(9-2)25-37-16-18-43(78)19-17-37;1-7-8-9-10-11-12-13-14-15-16-17-18-19-20-39(53)48-36(24-35-26-44-28-46-35)37(51)21-30(4)41(54)49-40(29(2)3)38(52)23-33(22-34-25-43-27-45-34)42(55)47-31(5)32(6)50/h16-19,31,33-36,38-41,44-48,77-78H,8-15,20-30,32H2,1-7H3,(H2,61,83)(H,68,72)(H,73,84)(H,74,87)(H,75,85)(H,76,86)(H4,62,63,69)(H4,64,65,70)(H4,66,67,71);25-31,33,36,40H,7-24H2,1-6H3,(H,43,45)(H,44,46)(H,47,55)(H,48,53)(H,49,54)/t36-,38-,39+,40+,41+,44-,45-,46-,47+,48-;30-,31+,33-,36+,40+/m01/s1. The van der Waals surface area contributed by atoms with Gasteiger partial charge in [-0.3, -0.25) is 86.9 Å².